The minimum absolute atomic E-state index is 0.407. The van der Waals surface area contributed by atoms with Gasteiger partial charge in [-0.25, -0.2) is 0 Å². The van der Waals surface area contributed by atoms with Crippen molar-refractivity contribution in [3.63, 3.8) is 0 Å². The number of rotatable bonds is 1. The van der Waals surface area contributed by atoms with Crippen LogP contribution in [0, 0.1) is 17.8 Å². The molecule has 0 spiro atoms. The first-order chi connectivity index (χ1) is 6.48. The molecule has 80 valence electrons. The van der Waals surface area contributed by atoms with E-state index in [0.29, 0.717) is 37.0 Å². The van der Waals surface area contributed by atoms with Crippen molar-refractivity contribution in [1.29, 1.82) is 0 Å². The fraction of sp³-hybridized carbons (Fsp3) is 1.00. The molecule has 4 fully saturated rings. The molecule has 0 heterocycles. The van der Waals surface area contributed by atoms with Crippen LogP contribution in [0.1, 0.15) is 38.5 Å². The largest absolute Gasteiger partial charge is 0.484 e. The fourth-order valence-electron chi connectivity index (χ4n) is 4.58. The maximum absolute atomic E-state index is 13.1. The quantitative estimate of drug-likeness (QED) is 0.568. The summed E-state index contributed by atoms with van der Waals surface area (Å²) in [7, 11) is 0. The smallest absolute Gasteiger partial charge is 0.449 e. The lowest BCUT2D eigenvalue weighted by atomic mass is 9.38. The Labute approximate surface area is 82.3 Å². The van der Waals surface area contributed by atoms with E-state index in [-0.39, 0.29) is 0 Å². The summed E-state index contributed by atoms with van der Waals surface area (Å²) in [6.45, 7) is -4.60. The third-order valence-corrected chi connectivity index (χ3v) is 4.78. The van der Waals surface area contributed by atoms with Crippen LogP contribution in [0.3, 0.4) is 0 Å². The monoisotopic (exact) mass is 203 g/mol. The minimum atomic E-state index is -4.60. The Morgan fingerprint density at radius 3 is 1.43 bits per heavy atom. The van der Waals surface area contributed by atoms with Crippen molar-refractivity contribution in [2.75, 3.05) is 0 Å². The van der Waals surface area contributed by atoms with E-state index >= 15 is 0 Å². The molecule has 14 heavy (non-hydrogen) atoms. The van der Waals surface area contributed by atoms with Crippen molar-refractivity contribution in [2.24, 2.45) is 17.8 Å². The van der Waals surface area contributed by atoms with Gasteiger partial charge in [0.05, 0.1) is 0 Å². The van der Waals surface area contributed by atoms with Crippen LogP contribution >= 0.6 is 0 Å². The highest BCUT2D eigenvalue weighted by Crippen LogP contribution is 2.68. The van der Waals surface area contributed by atoms with Gasteiger partial charge in [0.2, 0.25) is 0 Å². The standard InChI is InChI=1S/C10H15BF3/c12-11(13,14)10-4-7-1-8(5-10)3-9(2-7)6-10/h7-9H,1-6H2/q-1. The zero-order chi connectivity index (χ0) is 9.97. The fourth-order valence-corrected chi connectivity index (χ4v) is 4.58. The van der Waals surface area contributed by atoms with E-state index in [4.69, 9.17) is 0 Å². The number of hydrogen-bond acceptors (Lipinski definition) is 0. The van der Waals surface area contributed by atoms with E-state index in [0.717, 1.165) is 19.3 Å². The lowest BCUT2D eigenvalue weighted by molar-refractivity contribution is 0.0104. The van der Waals surface area contributed by atoms with E-state index in [1.165, 1.54) is 0 Å². The van der Waals surface area contributed by atoms with Crippen molar-refractivity contribution < 1.29 is 12.9 Å². The van der Waals surface area contributed by atoms with Gasteiger partial charge in [0.1, 0.15) is 0 Å². The number of halogens is 3. The summed E-state index contributed by atoms with van der Waals surface area (Å²) in [5.41, 5.74) is 0. The van der Waals surface area contributed by atoms with E-state index in [1.807, 2.05) is 0 Å². The second kappa shape index (κ2) is 2.51. The van der Waals surface area contributed by atoms with Crippen molar-refractivity contribution in [1.82, 2.24) is 0 Å². The van der Waals surface area contributed by atoms with Crippen LogP contribution < -0.4 is 0 Å². The molecule has 0 aromatic rings. The van der Waals surface area contributed by atoms with Gasteiger partial charge in [0.25, 0.3) is 0 Å². The summed E-state index contributed by atoms with van der Waals surface area (Å²) in [5.74, 6) is 1.22. The highest BCUT2D eigenvalue weighted by Gasteiger charge is 2.59. The summed E-state index contributed by atoms with van der Waals surface area (Å²) in [6.07, 6.45) is 4.65. The average Bonchev–Trinajstić information content (AvgIpc) is 1.98. The molecular weight excluding hydrogens is 188 g/mol. The molecule has 0 atom stereocenters. The predicted octanol–water partition coefficient (Wildman–Crippen LogP) is 3.80. The van der Waals surface area contributed by atoms with Crippen LogP contribution in [0.4, 0.5) is 12.9 Å². The minimum Gasteiger partial charge on any atom is -0.449 e. The van der Waals surface area contributed by atoms with Crippen LogP contribution in [0.25, 0.3) is 0 Å². The van der Waals surface area contributed by atoms with Gasteiger partial charge < -0.3 is 12.9 Å². The number of hydrogen-bond donors (Lipinski definition) is 0. The maximum atomic E-state index is 13.1. The Balaban J connectivity index is 1.95. The average molecular weight is 203 g/mol. The highest BCUT2D eigenvalue weighted by molar-refractivity contribution is 6.62. The Morgan fingerprint density at radius 2 is 1.14 bits per heavy atom. The first kappa shape index (κ1) is 9.11. The molecule has 0 unspecified atom stereocenters. The van der Waals surface area contributed by atoms with Crippen molar-refractivity contribution in [3.8, 4) is 0 Å². The van der Waals surface area contributed by atoms with Crippen molar-refractivity contribution in [3.05, 3.63) is 0 Å². The van der Waals surface area contributed by atoms with Gasteiger partial charge in [-0.1, -0.05) is 24.6 Å². The summed E-state index contributed by atoms with van der Waals surface area (Å²) in [5, 5.41) is -1.20. The van der Waals surface area contributed by atoms with Gasteiger partial charge >= 0.3 is 6.98 Å². The highest BCUT2D eigenvalue weighted by atomic mass is 19.4. The van der Waals surface area contributed by atoms with E-state index in [2.05, 4.69) is 0 Å². The van der Waals surface area contributed by atoms with Gasteiger partial charge in [-0.2, -0.15) is 0 Å². The molecule has 0 radical (unpaired) electrons. The Bertz CT molecular complexity index is 223. The maximum Gasteiger partial charge on any atom is 0.484 e. The van der Waals surface area contributed by atoms with Gasteiger partial charge in [0.15, 0.2) is 0 Å². The van der Waals surface area contributed by atoms with Crippen LogP contribution in [-0.2, 0) is 0 Å². The molecule has 0 nitrogen and oxygen atoms in total. The normalized spacial score (nSPS) is 51.2. The first-order valence-corrected chi connectivity index (χ1v) is 5.68. The molecule has 0 aliphatic heterocycles. The molecule has 0 aromatic heterocycles. The molecule has 0 saturated heterocycles. The molecular formula is C10H15BF3-. The summed E-state index contributed by atoms with van der Waals surface area (Å²) >= 11 is 0. The van der Waals surface area contributed by atoms with Crippen molar-refractivity contribution in [2.45, 2.75) is 43.8 Å². The van der Waals surface area contributed by atoms with Crippen LogP contribution in [0.5, 0.6) is 0 Å². The Morgan fingerprint density at radius 1 is 0.786 bits per heavy atom. The van der Waals surface area contributed by atoms with Gasteiger partial charge in [0, 0.05) is 0 Å². The molecule has 0 amide bonds. The van der Waals surface area contributed by atoms with Gasteiger partial charge in [-0.3, -0.25) is 0 Å². The van der Waals surface area contributed by atoms with E-state index in [1.54, 1.807) is 0 Å². The summed E-state index contributed by atoms with van der Waals surface area (Å²) < 4.78 is 39.2. The molecule has 0 N–H and O–H groups in total. The van der Waals surface area contributed by atoms with Crippen molar-refractivity contribution >= 4 is 6.98 Å². The third kappa shape index (κ3) is 1.09. The zero-order valence-electron chi connectivity index (χ0n) is 8.19. The van der Waals surface area contributed by atoms with Gasteiger partial charge in [-0.15, -0.1) is 0 Å². The molecule has 4 heteroatoms. The molecule has 0 aromatic carbocycles. The molecule has 4 rings (SSSR count). The molecule has 4 bridgehead atoms. The van der Waals surface area contributed by atoms with Crippen LogP contribution in [-0.4, -0.2) is 6.98 Å². The predicted molar refractivity (Wildman–Crippen MR) is 49.9 cm³/mol. The summed E-state index contributed by atoms with van der Waals surface area (Å²) in [6, 6.07) is 0. The van der Waals surface area contributed by atoms with E-state index < -0.39 is 12.3 Å². The second-order valence-electron chi connectivity index (χ2n) is 5.85. The van der Waals surface area contributed by atoms with E-state index in [9.17, 15) is 12.9 Å². The van der Waals surface area contributed by atoms with Crippen LogP contribution in [0.15, 0.2) is 0 Å². The topological polar surface area (TPSA) is 0 Å². The van der Waals surface area contributed by atoms with Gasteiger partial charge in [-0.05, 0) is 37.0 Å². The molecule has 4 aliphatic rings. The second-order valence-corrected chi connectivity index (χ2v) is 5.85. The first-order valence-electron chi connectivity index (χ1n) is 5.68. The Kier molecular flexibility index (Phi) is 1.63. The molecule has 4 aliphatic carbocycles. The SMILES string of the molecule is F[B-](F)(F)C12CC3CC(CC(C3)C1)C2. The molecule has 4 saturated carbocycles. The zero-order valence-corrected chi connectivity index (χ0v) is 8.19. The van der Waals surface area contributed by atoms with Crippen LogP contribution in [0.2, 0.25) is 5.31 Å². The summed E-state index contributed by atoms with van der Waals surface area (Å²) in [4.78, 5) is 0. The third-order valence-electron chi connectivity index (χ3n) is 4.78. The lowest BCUT2D eigenvalue weighted by Gasteiger charge is -2.60. The lowest BCUT2D eigenvalue weighted by Crippen LogP contribution is -2.51. The Hall–Kier alpha value is -0.145.